The summed E-state index contributed by atoms with van der Waals surface area (Å²) in [4.78, 5) is 28.0. The number of hydrogen-bond acceptors (Lipinski definition) is 4. The van der Waals surface area contributed by atoms with Crippen LogP contribution in [0.1, 0.15) is 5.56 Å². The first-order valence-corrected chi connectivity index (χ1v) is 10.5. The molecule has 7 nitrogen and oxygen atoms in total. The molecular weight excluding hydrogens is 382 g/mol. The Bertz CT molecular complexity index is 866. The molecular formula is C23H28N3O4+. The number of hydrogen-bond donors (Lipinski definition) is 2. The Hall–Kier alpha value is -3.06. The van der Waals surface area contributed by atoms with Crippen LogP contribution in [0.3, 0.4) is 0 Å². The summed E-state index contributed by atoms with van der Waals surface area (Å²) >= 11 is 0. The van der Waals surface area contributed by atoms with Crippen molar-refractivity contribution in [2.45, 2.75) is 12.5 Å². The highest BCUT2D eigenvalue weighted by molar-refractivity contribution is 5.82. The third-order valence-electron chi connectivity index (χ3n) is 5.56. The number of amides is 2. The van der Waals surface area contributed by atoms with Crippen molar-refractivity contribution in [1.29, 1.82) is 0 Å². The Morgan fingerprint density at radius 3 is 2.47 bits per heavy atom. The molecule has 0 unspecified atom stereocenters. The number of quaternary nitrogens is 1. The maximum atomic E-state index is 12.8. The quantitative estimate of drug-likeness (QED) is 0.699. The number of fused-ring (bicyclic) bond motifs is 1. The molecule has 0 aliphatic carbocycles. The molecule has 2 aliphatic rings. The van der Waals surface area contributed by atoms with Crippen LogP contribution < -0.4 is 19.7 Å². The molecule has 1 saturated heterocycles. The van der Waals surface area contributed by atoms with Gasteiger partial charge in [0.05, 0.1) is 26.2 Å². The summed E-state index contributed by atoms with van der Waals surface area (Å²) in [5, 5.41) is 3.00. The molecule has 158 valence electrons. The van der Waals surface area contributed by atoms with Crippen molar-refractivity contribution < 1.29 is 24.0 Å². The first-order chi connectivity index (χ1) is 14.7. The van der Waals surface area contributed by atoms with E-state index in [0.29, 0.717) is 37.7 Å². The van der Waals surface area contributed by atoms with Crippen LogP contribution in [0.5, 0.6) is 11.5 Å². The summed E-state index contributed by atoms with van der Waals surface area (Å²) in [6.07, 6.45) is 0.222. The van der Waals surface area contributed by atoms with Crippen LogP contribution in [0, 0.1) is 0 Å². The zero-order chi connectivity index (χ0) is 20.8. The van der Waals surface area contributed by atoms with Crippen molar-refractivity contribution >= 4 is 11.8 Å². The van der Waals surface area contributed by atoms with Crippen molar-refractivity contribution in [1.82, 2.24) is 10.2 Å². The lowest BCUT2D eigenvalue weighted by Crippen LogP contribution is -3.16. The number of nitrogens with zero attached hydrogens (tertiary/aromatic N) is 1. The van der Waals surface area contributed by atoms with Gasteiger partial charge in [0.25, 0.3) is 11.8 Å². The van der Waals surface area contributed by atoms with Gasteiger partial charge in [-0.25, -0.2) is 0 Å². The van der Waals surface area contributed by atoms with Gasteiger partial charge in [0.2, 0.25) is 6.10 Å². The summed E-state index contributed by atoms with van der Waals surface area (Å²) in [5.74, 6) is 1.30. The predicted octanol–water partition coefficient (Wildman–Crippen LogP) is -0.0876. The van der Waals surface area contributed by atoms with Crippen LogP contribution in [0.15, 0.2) is 54.6 Å². The highest BCUT2D eigenvalue weighted by atomic mass is 16.6. The minimum Gasteiger partial charge on any atom is -0.485 e. The number of para-hydroxylation sites is 2. The summed E-state index contributed by atoms with van der Waals surface area (Å²) in [7, 11) is 0. The third-order valence-corrected chi connectivity index (χ3v) is 5.56. The smallest absolute Gasteiger partial charge is 0.275 e. The lowest BCUT2D eigenvalue weighted by Gasteiger charge is -2.35. The zero-order valence-corrected chi connectivity index (χ0v) is 17.0. The molecule has 2 N–H and O–H groups in total. The molecule has 0 saturated carbocycles. The Balaban J connectivity index is 1.17. The fourth-order valence-corrected chi connectivity index (χ4v) is 3.85. The second-order valence-electron chi connectivity index (χ2n) is 7.70. The van der Waals surface area contributed by atoms with Gasteiger partial charge in [0.15, 0.2) is 18.0 Å². The van der Waals surface area contributed by atoms with Gasteiger partial charge in [-0.15, -0.1) is 0 Å². The lowest BCUT2D eigenvalue weighted by molar-refractivity contribution is -0.896. The van der Waals surface area contributed by atoms with Crippen molar-refractivity contribution in [2.75, 3.05) is 45.9 Å². The summed E-state index contributed by atoms with van der Waals surface area (Å²) in [6, 6.07) is 17.5. The molecule has 1 atom stereocenters. The summed E-state index contributed by atoms with van der Waals surface area (Å²) in [6.45, 7) is 4.05. The predicted molar refractivity (Wildman–Crippen MR) is 112 cm³/mol. The van der Waals surface area contributed by atoms with E-state index in [9.17, 15) is 9.59 Å². The Morgan fingerprint density at radius 2 is 1.70 bits per heavy atom. The Kier molecular flexibility index (Phi) is 6.49. The normalized spacial score (nSPS) is 18.7. The largest absolute Gasteiger partial charge is 0.485 e. The average Bonchev–Trinajstić information content (AvgIpc) is 2.79. The van der Waals surface area contributed by atoms with Crippen LogP contribution in [0.2, 0.25) is 0 Å². The molecule has 7 heteroatoms. The molecule has 0 spiro atoms. The number of ether oxygens (including phenoxy) is 2. The molecule has 0 radical (unpaired) electrons. The third kappa shape index (κ3) is 5.10. The number of nitrogens with one attached hydrogen (secondary N) is 2. The van der Waals surface area contributed by atoms with E-state index in [1.54, 1.807) is 0 Å². The first kappa shape index (κ1) is 20.2. The minimum atomic E-state index is -0.609. The minimum absolute atomic E-state index is 0.0455. The maximum Gasteiger partial charge on any atom is 0.275 e. The number of carbonyl (C=O) groups excluding carboxylic acids is 2. The molecule has 4 rings (SSSR count). The van der Waals surface area contributed by atoms with Crippen molar-refractivity contribution in [2.24, 2.45) is 0 Å². The standard InChI is InChI=1S/C23H27N3O4/c27-22(24-11-10-18-6-2-1-3-7-18)16-25-12-14-26(15-13-25)23(28)21-17-29-19-8-4-5-9-20(19)30-21/h1-9,21H,10-17H2,(H,24,27)/p+1/t21-/m0/s1. The molecule has 2 aliphatic heterocycles. The lowest BCUT2D eigenvalue weighted by atomic mass is 10.1. The van der Waals surface area contributed by atoms with E-state index in [4.69, 9.17) is 9.47 Å². The van der Waals surface area contributed by atoms with Crippen molar-refractivity contribution in [3.63, 3.8) is 0 Å². The SMILES string of the molecule is O=C(C[NH+]1CCN(C(=O)[C@@H]2COc3ccccc3O2)CC1)NCCc1ccccc1. The van der Waals surface area contributed by atoms with Gasteiger partial charge >= 0.3 is 0 Å². The van der Waals surface area contributed by atoms with E-state index >= 15 is 0 Å². The zero-order valence-electron chi connectivity index (χ0n) is 17.0. The molecule has 2 amide bonds. The monoisotopic (exact) mass is 410 g/mol. The van der Waals surface area contributed by atoms with Gasteiger partial charge < -0.3 is 24.6 Å². The number of piperazine rings is 1. The molecule has 0 aromatic heterocycles. The molecule has 30 heavy (non-hydrogen) atoms. The fraction of sp³-hybridized carbons (Fsp3) is 0.391. The van der Waals surface area contributed by atoms with Gasteiger partial charge in [-0.2, -0.15) is 0 Å². The van der Waals surface area contributed by atoms with Gasteiger partial charge in [-0.3, -0.25) is 9.59 Å². The van der Waals surface area contributed by atoms with Gasteiger partial charge in [0, 0.05) is 6.54 Å². The van der Waals surface area contributed by atoms with E-state index in [-0.39, 0.29) is 18.4 Å². The van der Waals surface area contributed by atoms with Gasteiger partial charge in [-0.05, 0) is 24.1 Å². The van der Waals surface area contributed by atoms with Crippen LogP contribution >= 0.6 is 0 Å². The van der Waals surface area contributed by atoms with E-state index < -0.39 is 6.10 Å². The molecule has 2 aromatic carbocycles. The van der Waals surface area contributed by atoms with E-state index in [1.165, 1.54) is 10.5 Å². The molecule has 2 heterocycles. The van der Waals surface area contributed by atoms with Gasteiger partial charge in [0.1, 0.15) is 6.61 Å². The van der Waals surface area contributed by atoms with Gasteiger partial charge in [-0.1, -0.05) is 42.5 Å². The Morgan fingerprint density at radius 1 is 1.00 bits per heavy atom. The molecule has 1 fully saturated rings. The van der Waals surface area contributed by atoms with Crippen LogP contribution in [0.4, 0.5) is 0 Å². The van der Waals surface area contributed by atoms with Crippen molar-refractivity contribution in [3.05, 3.63) is 60.2 Å². The first-order valence-electron chi connectivity index (χ1n) is 10.5. The van der Waals surface area contributed by atoms with E-state index in [2.05, 4.69) is 17.4 Å². The fourth-order valence-electron chi connectivity index (χ4n) is 3.85. The molecule has 0 bridgehead atoms. The highest BCUT2D eigenvalue weighted by Crippen LogP contribution is 2.31. The van der Waals surface area contributed by atoms with Crippen LogP contribution in [-0.2, 0) is 16.0 Å². The van der Waals surface area contributed by atoms with Crippen molar-refractivity contribution in [3.8, 4) is 11.5 Å². The second-order valence-corrected chi connectivity index (χ2v) is 7.70. The number of benzene rings is 2. The van der Waals surface area contributed by atoms with E-state index in [0.717, 1.165) is 19.5 Å². The van der Waals surface area contributed by atoms with Crippen LogP contribution in [0.25, 0.3) is 0 Å². The number of rotatable bonds is 6. The summed E-state index contributed by atoms with van der Waals surface area (Å²) < 4.78 is 11.5. The average molecular weight is 410 g/mol. The second kappa shape index (κ2) is 9.63. The van der Waals surface area contributed by atoms with Crippen LogP contribution in [-0.4, -0.2) is 68.7 Å². The molecule has 2 aromatic rings. The topological polar surface area (TPSA) is 72.3 Å². The summed E-state index contributed by atoms with van der Waals surface area (Å²) in [5.41, 5.74) is 1.22. The Labute approximate surface area is 176 Å². The number of carbonyl (C=O) groups is 2. The maximum absolute atomic E-state index is 12.8. The highest BCUT2D eigenvalue weighted by Gasteiger charge is 2.33. The van der Waals surface area contributed by atoms with E-state index in [1.807, 2.05) is 47.4 Å².